The highest BCUT2D eigenvalue weighted by molar-refractivity contribution is 5.68. The van der Waals surface area contributed by atoms with E-state index in [1.807, 2.05) is 6.92 Å². The van der Waals surface area contributed by atoms with Crippen molar-refractivity contribution in [1.82, 2.24) is 0 Å². The number of nitrogens with zero attached hydrogens (tertiary/aromatic N) is 1. The Labute approximate surface area is 114 Å². The molecule has 1 aromatic rings. The van der Waals surface area contributed by atoms with Crippen LogP contribution in [0.25, 0.3) is 0 Å². The van der Waals surface area contributed by atoms with Crippen molar-refractivity contribution in [2.24, 2.45) is 11.8 Å². The fourth-order valence-corrected chi connectivity index (χ4v) is 1.63. The average molecular weight is 266 g/mol. The highest BCUT2D eigenvalue weighted by atomic mass is 16.6. The molecule has 1 rings (SSSR count). The average Bonchev–Trinajstić information content (AvgIpc) is 2.35. The topological polar surface area (TPSA) is 64.4 Å². The van der Waals surface area contributed by atoms with Crippen LogP contribution in [0, 0.1) is 22.0 Å². The van der Waals surface area contributed by atoms with Crippen LogP contribution in [0.3, 0.4) is 0 Å². The standard InChI is InChI=1S/C14H22N2O3/c1-5-19-13-8-6-7-12(14(13)16(17)18)15-9-11(4)10(2)3/h6-8,10-11,15H,5,9H2,1-4H3. The van der Waals surface area contributed by atoms with Crippen LogP contribution in [0.2, 0.25) is 0 Å². The van der Waals surface area contributed by atoms with Gasteiger partial charge in [-0.25, -0.2) is 0 Å². The third-order valence-corrected chi connectivity index (χ3v) is 3.23. The Hall–Kier alpha value is -1.78. The molecule has 0 spiro atoms. The van der Waals surface area contributed by atoms with Crippen LogP contribution in [0.1, 0.15) is 27.7 Å². The lowest BCUT2D eigenvalue weighted by molar-refractivity contribution is -0.384. The van der Waals surface area contributed by atoms with Crippen molar-refractivity contribution in [3.63, 3.8) is 0 Å². The smallest absolute Gasteiger partial charge is 0.333 e. The van der Waals surface area contributed by atoms with E-state index in [4.69, 9.17) is 4.74 Å². The summed E-state index contributed by atoms with van der Waals surface area (Å²) >= 11 is 0. The Kier molecular flexibility index (Phi) is 5.60. The molecule has 0 amide bonds. The first-order valence-electron chi connectivity index (χ1n) is 6.61. The quantitative estimate of drug-likeness (QED) is 0.603. The molecule has 1 aromatic carbocycles. The highest BCUT2D eigenvalue weighted by Crippen LogP contribution is 2.34. The van der Waals surface area contributed by atoms with E-state index in [0.717, 1.165) is 0 Å². The Morgan fingerprint density at radius 1 is 1.37 bits per heavy atom. The van der Waals surface area contributed by atoms with Crippen molar-refractivity contribution in [2.75, 3.05) is 18.5 Å². The fraction of sp³-hybridized carbons (Fsp3) is 0.571. The number of rotatable bonds is 7. The SMILES string of the molecule is CCOc1cccc(NCC(C)C(C)C)c1[N+](=O)[O-]. The number of para-hydroxylation sites is 1. The lowest BCUT2D eigenvalue weighted by Gasteiger charge is -2.17. The van der Waals surface area contributed by atoms with Crippen molar-refractivity contribution in [2.45, 2.75) is 27.7 Å². The molecule has 5 nitrogen and oxygen atoms in total. The van der Waals surface area contributed by atoms with Crippen molar-refractivity contribution < 1.29 is 9.66 Å². The van der Waals surface area contributed by atoms with Gasteiger partial charge in [-0.3, -0.25) is 10.1 Å². The van der Waals surface area contributed by atoms with Gasteiger partial charge in [-0.05, 0) is 30.9 Å². The van der Waals surface area contributed by atoms with Gasteiger partial charge in [-0.1, -0.05) is 26.8 Å². The zero-order valence-electron chi connectivity index (χ0n) is 12.0. The van der Waals surface area contributed by atoms with Crippen LogP contribution in [-0.4, -0.2) is 18.1 Å². The van der Waals surface area contributed by atoms with Crippen LogP contribution in [0.4, 0.5) is 11.4 Å². The van der Waals surface area contributed by atoms with E-state index >= 15 is 0 Å². The van der Waals surface area contributed by atoms with E-state index < -0.39 is 4.92 Å². The number of nitro groups is 1. The van der Waals surface area contributed by atoms with Gasteiger partial charge < -0.3 is 10.1 Å². The maximum Gasteiger partial charge on any atom is 0.333 e. The third-order valence-electron chi connectivity index (χ3n) is 3.23. The first kappa shape index (κ1) is 15.3. The van der Waals surface area contributed by atoms with Gasteiger partial charge in [-0.15, -0.1) is 0 Å². The Balaban J connectivity index is 2.93. The second-order valence-electron chi connectivity index (χ2n) is 4.94. The predicted molar refractivity (Wildman–Crippen MR) is 76.8 cm³/mol. The van der Waals surface area contributed by atoms with Crippen LogP contribution < -0.4 is 10.1 Å². The highest BCUT2D eigenvalue weighted by Gasteiger charge is 2.21. The van der Waals surface area contributed by atoms with Gasteiger partial charge >= 0.3 is 5.69 Å². The normalized spacial score (nSPS) is 12.3. The van der Waals surface area contributed by atoms with Crippen molar-refractivity contribution in [3.05, 3.63) is 28.3 Å². The lowest BCUT2D eigenvalue weighted by Crippen LogP contribution is -2.17. The molecule has 0 saturated heterocycles. The summed E-state index contributed by atoms with van der Waals surface area (Å²) in [5.41, 5.74) is 0.531. The van der Waals surface area contributed by atoms with Crippen molar-refractivity contribution >= 4 is 11.4 Å². The van der Waals surface area contributed by atoms with Crippen LogP contribution >= 0.6 is 0 Å². The lowest BCUT2D eigenvalue weighted by atomic mass is 9.98. The summed E-state index contributed by atoms with van der Waals surface area (Å²) in [6.07, 6.45) is 0. The number of anilines is 1. The van der Waals surface area contributed by atoms with Crippen molar-refractivity contribution in [1.29, 1.82) is 0 Å². The minimum absolute atomic E-state index is 0.0142. The number of hydrogen-bond acceptors (Lipinski definition) is 4. The molecule has 1 unspecified atom stereocenters. The van der Waals surface area contributed by atoms with Gasteiger partial charge in [0.1, 0.15) is 5.69 Å². The van der Waals surface area contributed by atoms with E-state index in [-0.39, 0.29) is 5.69 Å². The minimum atomic E-state index is -0.395. The van der Waals surface area contributed by atoms with Gasteiger partial charge in [-0.2, -0.15) is 0 Å². The molecule has 1 N–H and O–H groups in total. The number of hydrogen-bond donors (Lipinski definition) is 1. The monoisotopic (exact) mass is 266 g/mol. The summed E-state index contributed by atoms with van der Waals surface area (Å²) in [6, 6.07) is 5.10. The van der Waals surface area contributed by atoms with E-state index in [1.165, 1.54) is 0 Å². The van der Waals surface area contributed by atoms with Crippen LogP contribution in [-0.2, 0) is 0 Å². The Morgan fingerprint density at radius 2 is 2.05 bits per heavy atom. The molecule has 0 bridgehead atoms. The summed E-state index contributed by atoms with van der Waals surface area (Å²) in [7, 11) is 0. The van der Waals surface area contributed by atoms with Gasteiger partial charge in [0, 0.05) is 6.54 Å². The molecule has 106 valence electrons. The number of nitro benzene ring substituents is 1. The molecule has 0 aliphatic carbocycles. The summed E-state index contributed by atoms with van der Waals surface area (Å²) in [5, 5.41) is 14.3. The van der Waals surface area contributed by atoms with Gasteiger partial charge in [0.25, 0.3) is 0 Å². The fourth-order valence-electron chi connectivity index (χ4n) is 1.63. The molecule has 5 heteroatoms. The number of benzene rings is 1. The largest absolute Gasteiger partial charge is 0.487 e. The second kappa shape index (κ2) is 6.97. The summed E-state index contributed by atoms with van der Waals surface area (Å²) < 4.78 is 5.31. The third kappa shape index (κ3) is 4.12. The molecule has 1 atom stereocenters. The molecule has 0 fully saturated rings. The predicted octanol–water partition coefficient (Wildman–Crippen LogP) is 3.70. The molecule has 0 saturated carbocycles. The number of ether oxygens (including phenoxy) is 1. The molecule has 0 aliphatic rings. The summed E-state index contributed by atoms with van der Waals surface area (Å²) in [5.74, 6) is 1.28. The van der Waals surface area contributed by atoms with E-state index in [2.05, 4.69) is 26.1 Å². The van der Waals surface area contributed by atoms with Gasteiger partial charge in [0.05, 0.1) is 11.5 Å². The maximum absolute atomic E-state index is 11.2. The molecule has 0 aliphatic heterocycles. The van der Waals surface area contributed by atoms with Crippen LogP contribution in [0.15, 0.2) is 18.2 Å². The summed E-state index contributed by atoms with van der Waals surface area (Å²) in [6.45, 7) is 9.32. The summed E-state index contributed by atoms with van der Waals surface area (Å²) in [4.78, 5) is 10.8. The van der Waals surface area contributed by atoms with Crippen molar-refractivity contribution in [3.8, 4) is 5.75 Å². The van der Waals surface area contributed by atoms with E-state index in [1.54, 1.807) is 18.2 Å². The molecule has 0 aromatic heterocycles. The zero-order chi connectivity index (χ0) is 14.4. The van der Waals surface area contributed by atoms with E-state index in [9.17, 15) is 10.1 Å². The maximum atomic E-state index is 11.2. The minimum Gasteiger partial charge on any atom is -0.487 e. The molecule has 0 heterocycles. The Bertz CT molecular complexity index is 433. The number of nitrogens with one attached hydrogen (secondary N) is 1. The first-order chi connectivity index (χ1) is 8.97. The van der Waals surface area contributed by atoms with Crippen LogP contribution in [0.5, 0.6) is 5.75 Å². The van der Waals surface area contributed by atoms with Gasteiger partial charge in [0.15, 0.2) is 5.75 Å². The molecule has 0 radical (unpaired) electrons. The molecular formula is C14H22N2O3. The molecule has 19 heavy (non-hydrogen) atoms. The first-order valence-corrected chi connectivity index (χ1v) is 6.61. The Morgan fingerprint density at radius 3 is 2.58 bits per heavy atom. The zero-order valence-corrected chi connectivity index (χ0v) is 12.0. The second-order valence-corrected chi connectivity index (χ2v) is 4.94. The molecular weight excluding hydrogens is 244 g/mol. The van der Waals surface area contributed by atoms with Gasteiger partial charge in [0.2, 0.25) is 0 Å². The van der Waals surface area contributed by atoms with E-state index in [0.29, 0.717) is 36.4 Å².